The van der Waals surface area contributed by atoms with Crippen LogP contribution in [-0.4, -0.2) is 0 Å². The van der Waals surface area contributed by atoms with Crippen LogP contribution < -0.4 is 0 Å². The molecule has 0 aliphatic rings. The number of aryl methyl sites for hydroxylation is 2. The molecule has 0 aliphatic carbocycles. The largest absolute Gasteiger partial charge is 0.192 e. The van der Waals surface area contributed by atoms with Gasteiger partial charge in [0.15, 0.2) is 0 Å². The van der Waals surface area contributed by atoms with Crippen LogP contribution in [0.5, 0.6) is 0 Å². The second kappa shape index (κ2) is 11.1. The minimum absolute atomic E-state index is 0.952. The van der Waals surface area contributed by atoms with Gasteiger partial charge in [-0.3, -0.25) is 0 Å². The van der Waals surface area contributed by atoms with Gasteiger partial charge in [0.05, 0.1) is 11.6 Å². The summed E-state index contributed by atoms with van der Waals surface area (Å²) < 4.78 is 0. The van der Waals surface area contributed by atoms with Crippen LogP contribution in [0.3, 0.4) is 0 Å². The van der Waals surface area contributed by atoms with Crippen LogP contribution in [0.4, 0.5) is 0 Å². The van der Waals surface area contributed by atoms with Gasteiger partial charge in [-0.2, -0.15) is 5.26 Å². The summed E-state index contributed by atoms with van der Waals surface area (Å²) in [6.45, 7) is 4.49. The summed E-state index contributed by atoms with van der Waals surface area (Å²) in [4.78, 5) is 1.31. The number of nitriles is 1. The number of hydrogen-bond donors (Lipinski definition) is 0. The number of nitrogens with zero attached hydrogens (tertiary/aromatic N) is 1. The molecule has 0 saturated heterocycles. The van der Waals surface area contributed by atoms with Gasteiger partial charge in [-0.1, -0.05) is 58.4 Å². The highest BCUT2D eigenvalue weighted by Gasteiger charge is 2.12. The third kappa shape index (κ3) is 6.01. The van der Waals surface area contributed by atoms with E-state index in [1.54, 1.807) is 11.3 Å². The van der Waals surface area contributed by atoms with Crippen LogP contribution in [-0.2, 0) is 12.8 Å². The van der Waals surface area contributed by atoms with Gasteiger partial charge in [-0.05, 0) is 66.0 Å². The fourth-order valence-electron chi connectivity index (χ4n) is 3.38. The lowest BCUT2D eigenvalue weighted by Gasteiger charge is -2.13. The van der Waals surface area contributed by atoms with Gasteiger partial charge in [0.25, 0.3) is 0 Å². The Labute approximate surface area is 157 Å². The van der Waals surface area contributed by atoms with E-state index >= 15 is 0 Å². The molecule has 0 unspecified atom stereocenters. The molecule has 0 N–H and O–H groups in total. The van der Waals surface area contributed by atoms with E-state index in [-0.39, 0.29) is 0 Å². The van der Waals surface area contributed by atoms with Crippen molar-refractivity contribution in [3.63, 3.8) is 0 Å². The van der Waals surface area contributed by atoms with Crippen molar-refractivity contribution in [3.05, 3.63) is 46.3 Å². The van der Waals surface area contributed by atoms with E-state index in [0.717, 1.165) is 18.4 Å². The number of rotatable bonds is 11. The van der Waals surface area contributed by atoms with Crippen LogP contribution in [0.25, 0.3) is 10.4 Å². The lowest BCUT2D eigenvalue weighted by Crippen LogP contribution is -1.99. The zero-order valence-corrected chi connectivity index (χ0v) is 16.6. The number of benzene rings is 1. The summed E-state index contributed by atoms with van der Waals surface area (Å²) in [6.07, 6.45) is 12.0. The Morgan fingerprint density at radius 2 is 1.48 bits per heavy atom. The third-order valence-electron chi connectivity index (χ3n) is 4.82. The summed E-state index contributed by atoms with van der Waals surface area (Å²) >= 11 is 1.79. The molecule has 0 atom stereocenters. The molecule has 1 heterocycles. The first-order valence-electron chi connectivity index (χ1n) is 9.89. The number of hydrogen-bond acceptors (Lipinski definition) is 2. The maximum atomic E-state index is 9.78. The Hall–Kier alpha value is -1.59. The number of thiophene rings is 1. The van der Waals surface area contributed by atoms with Crippen molar-refractivity contribution in [3.8, 4) is 16.5 Å². The summed E-state index contributed by atoms with van der Waals surface area (Å²) in [5.41, 5.74) is 4.77. The molecule has 1 aromatic heterocycles. The molecule has 0 radical (unpaired) electrons. The van der Waals surface area contributed by atoms with Crippen molar-refractivity contribution in [2.75, 3.05) is 0 Å². The highest BCUT2D eigenvalue weighted by atomic mass is 32.1. The van der Waals surface area contributed by atoms with Crippen molar-refractivity contribution < 1.29 is 0 Å². The average molecular weight is 354 g/mol. The monoisotopic (exact) mass is 353 g/mol. The molecule has 0 fully saturated rings. The maximum absolute atomic E-state index is 9.78. The van der Waals surface area contributed by atoms with E-state index in [9.17, 15) is 5.26 Å². The van der Waals surface area contributed by atoms with Gasteiger partial charge in [0.2, 0.25) is 0 Å². The molecular formula is C23H31NS. The van der Waals surface area contributed by atoms with Crippen molar-refractivity contribution in [1.29, 1.82) is 5.26 Å². The highest BCUT2D eigenvalue weighted by molar-refractivity contribution is 7.13. The summed E-state index contributed by atoms with van der Waals surface area (Å²) in [5.74, 6) is 0. The predicted octanol–water partition coefficient (Wildman–Crippen LogP) is 7.53. The van der Waals surface area contributed by atoms with E-state index < -0.39 is 0 Å². The maximum Gasteiger partial charge on any atom is 0.0997 e. The Kier molecular flexibility index (Phi) is 8.77. The summed E-state index contributed by atoms with van der Waals surface area (Å²) in [5, 5.41) is 11.9. The van der Waals surface area contributed by atoms with Gasteiger partial charge >= 0.3 is 0 Å². The lowest BCUT2D eigenvalue weighted by atomic mass is 9.91. The zero-order chi connectivity index (χ0) is 17.9. The highest BCUT2D eigenvalue weighted by Crippen LogP contribution is 2.30. The molecule has 134 valence electrons. The molecule has 2 heteroatoms. The molecule has 2 rings (SSSR count). The topological polar surface area (TPSA) is 23.8 Å². The zero-order valence-electron chi connectivity index (χ0n) is 15.8. The fourth-order valence-corrected chi connectivity index (χ4v) is 4.09. The van der Waals surface area contributed by atoms with Crippen molar-refractivity contribution >= 4 is 11.3 Å². The molecule has 25 heavy (non-hydrogen) atoms. The first-order valence-corrected chi connectivity index (χ1v) is 10.8. The minimum Gasteiger partial charge on any atom is -0.192 e. The molecule has 0 spiro atoms. The van der Waals surface area contributed by atoms with E-state index in [4.69, 9.17) is 0 Å². The quantitative estimate of drug-likeness (QED) is 0.383. The minimum atomic E-state index is 0.952. The van der Waals surface area contributed by atoms with E-state index in [2.05, 4.69) is 49.6 Å². The van der Waals surface area contributed by atoms with E-state index in [0.29, 0.717) is 0 Å². The van der Waals surface area contributed by atoms with E-state index in [1.807, 2.05) is 0 Å². The average Bonchev–Trinajstić information content (AvgIpc) is 3.17. The van der Waals surface area contributed by atoms with Crippen LogP contribution >= 0.6 is 11.3 Å². The first kappa shape index (κ1) is 19.7. The summed E-state index contributed by atoms with van der Waals surface area (Å²) in [7, 11) is 0. The number of unbranched alkanes of at least 4 members (excludes halogenated alkanes) is 6. The Morgan fingerprint density at radius 1 is 0.880 bits per heavy atom. The molecule has 0 aliphatic heterocycles. The fraction of sp³-hybridized carbons (Fsp3) is 0.522. The normalized spacial score (nSPS) is 10.8. The van der Waals surface area contributed by atoms with Gasteiger partial charge < -0.3 is 0 Å². The second-order valence-corrected chi connectivity index (χ2v) is 7.83. The van der Waals surface area contributed by atoms with Gasteiger partial charge in [-0.15, -0.1) is 11.3 Å². The van der Waals surface area contributed by atoms with Gasteiger partial charge in [-0.25, -0.2) is 0 Å². The van der Waals surface area contributed by atoms with Crippen LogP contribution in [0.15, 0.2) is 29.6 Å². The van der Waals surface area contributed by atoms with Crippen molar-refractivity contribution in [2.45, 2.75) is 78.1 Å². The molecular weight excluding hydrogens is 322 g/mol. The molecule has 1 nitrogen and oxygen atoms in total. The van der Waals surface area contributed by atoms with Gasteiger partial charge in [0, 0.05) is 4.88 Å². The third-order valence-corrected chi connectivity index (χ3v) is 5.74. The molecule has 1 aromatic carbocycles. The SMILES string of the molecule is CCCCCCc1cc(-c2cccs2)cc(CCCCCC)c1C#N. The Morgan fingerprint density at radius 3 is 1.92 bits per heavy atom. The van der Waals surface area contributed by atoms with Crippen LogP contribution in [0.1, 0.15) is 81.9 Å². The van der Waals surface area contributed by atoms with Crippen LogP contribution in [0.2, 0.25) is 0 Å². The van der Waals surface area contributed by atoms with Gasteiger partial charge in [0.1, 0.15) is 0 Å². The van der Waals surface area contributed by atoms with Crippen molar-refractivity contribution in [1.82, 2.24) is 0 Å². The Bertz CT molecular complexity index is 631. The lowest BCUT2D eigenvalue weighted by molar-refractivity contribution is 0.660. The molecule has 2 aromatic rings. The van der Waals surface area contributed by atoms with Crippen LogP contribution in [0, 0.1) is 11.3 Å². The Balaban J connectivity index is 2.24. The molecule has 0 amide bonds. The van der Waals surface area contributed by atoms with E-state index in [1.165, 1.54) is 72.9 Å². The second-order valence-electron chi connectivity index (χ2n) is 6.88. The molecule has 0 bridgehead atoms. The smallest absolute Gasteiger partial charge is 0.0997 e. The standard InChI is InChI=1S/C23H31NS/c1-3-5-7-9-12-19-16-21(23-14-11-15-25-23)17-20(22(19)18-24)13-10-8-6-4-2/h11,14-17H,3-10,12-13H2,1-2H3. The van der Waals surface area contributed by atoms with Crippen molar-refractivity contribution in [2.24, 2.45) is 0 Å². The predicted molar refractivity (Wildman–Crippen MR) is 110 cm³/mol. The first-order chi connectivity index (χ1) is 12.3. The summed E-state index contributed by atoms with van der Waals surface area (Å²) in [6, 6.07) is 11.4. The molecule has 0 saturated carbocycles.